The van der Waals surface area contributed by atoms with E-state index in [0.29, 0.717) is 3.97 Å². The highest BCUT2D eigenvalue weighted by molar-refractivity contribution is 7.90. The lowest BCUT2D eigenvalue weighted by molar-refractivity contribution is 0.141. The molecule has 1 amide bonds. The summed E-state index contributed by atoms with van der Waals surface area (Å²) in [4.78, 5) is 18.0. The van der Waals surface area contributed by atoms with Gasteiger partial charge in [0.15, 0.2) is 5.82 Å². The van der Waals surface area contributed by atoms with Gasteiger partial charge in [-0.1, -0.05) is 11.6 Å². The van der Waals surface area contributed by atoms with E-state index >= 15 is 4.39 Å². The van der Waals surface area contributed by atoms with Crippen LogP contribution in [-0.4, -0.2) is 35.5 Å². The van der Waals surface area contributed by atoms with Gasteiger partial charge < -0.3 is 10.1 Å². The number of ether oxygens (including phenoxy) is 1. The predicted octanol–water partition coefficient (Wildman–Crippen LogP) is 2.97. The van der Waals surface area contributed by atoms with Crippen LogP contribution >= 0.6 is 11.6 Å². The largest absolute Gasteiger partial charge is 0.445 e. The van der Waals surface area contributed by atoms with Crippen molar-refractivity contribution in [2.24, 2.45) is 0 Å². The van der Waals surface area contributed by atoms with E-state index in [0.717, 1.165) is 12.4 Å². The molecule has 0 aromatic carbocycles. The SMILES string of the molecule is CNC(=O)OCc1cn(S(=O)(=O)c2cccnc2Cl)c(-c2cccnc2F)c1F. The molecular weight excluding hydrogens is 430 g/mol. The second-order valence-electron chi connectivity index (χ2n) is 5.58. The molecule has 3 heterocycles. The van der Waals surface area contributed by atoms with E-state index < -0.39 is 50.6 Å². The molecule has 0 spiro atoms. The zero-order valence-electron chi connectivity index (χ0n) is 14.8. The third-order valence-electron chi connectivity index (χ3n) is 3.82. The number of carbonyl (C=O) groups is 1. The van der Waals surface area contributed by atoms with Crippen LogP contribution in [0.2, 0.25) is 5.15 Å². The lowest BCUT2D eigenvalue weighted by atomic mass is 10.2. The first kappa shape index (κ1) is 20.7. The lowest BCUT2D eigenvalue weighted by Gasteiger charge is -2.11. The van der Waals surface area contributed by atoms with Gasteiger partial charge in [0, 0.05) is 31.2 Å². The number of aromatic nitrogens is 3. The summed E-state index contributed by atoms with van der Waals surface area (Å²) in [6.45, 7) is -0.594. The third kappa shape index (κ3) is 3.91. The summed E-state index contributed by atoms with van der Waals surface area (Å²) < 4.78 is 61.0. The van der Waals surface area contributed by atoms with Crippen LogP contribution in [0.5, 0.6) is 0 Å². The molecule has 0 unspecified atom stereocenters. The molecule has 0 aliphatic heterocycles. The molecule has 0 saturated heterocycles. The molecule has 3 rings (SSSR count). The Labute approximate surface area is 169 Å². The monoisotopic (exact) mass is 442 g/mol. The highest BCUT2D eigenvalue weighted by Crippen LogP contribution is 2.33. The molecule has 152 valence electrons. The van der Waals surface area contributed by atoms with Gasteiger partial charge in [-0.25, -0.2) is 31.5 Å². The highest BCUT2D eigenvalue weighted by Gasteiger charge is 2.30. The zero-order chi connectivity index (χ0) is 21.2. The second-order valence-corrected chi connectivity index (χ2v) is 7.72. The van der Waals surface area contributed by atoms with Crippen molar-refractivity contribution in [1.29, 1.82) is 0 Å². The van der Waals surface area contributed by atoms with Crippen molar-refractivity contribution in [3.8, 4) is 11.3 Å². The summed E-state index contributed by atoms with van der Waals surface area (Å²) in [7, 11) is -3.18. The van der Waals surface area contributed by atoms with Crippen LogP contribution in [-0.2, 0) is 21.4 Å². The van der Waals surface area contributed by atoms with Crippen LogP contribution in [0.1, 0.15) is 5.56 Å². The van der Waals surface area contributed by atoms with Gasteiger partial charge >= 0.3 is 6.09 Å². The molecule has 29 heavy (non-hydrogen) atoms. The van der Waals surface area contributed by atoms with Crippen LogP contribution in [0.3, 0.4) is 0 Å². The molecule has 0 fully saturated rings. The number of rotatable bonds is 5. The highest BCUT2D eigenvalue weighted by atomic mass is 35.5. The van der Waals surface area contributed by atoms with Gasteiger partial charge in [0.25, 0.3) is 10.0 Å². The summed E-state index contributed by atoms with van der Waals surface area (Å²) in [5.41, 5.74) is -1.32. The summed E-state index contributed by atoms with van der Waals surface area (Å²) in [6.07, 6.45) is 2.44. The minimum Gasteiger partial charge on any atom is -0.445 e. The van der Waals surface area contributed by atoms with Crippen LogP contribution in [0.15, 0.2) is 47.8 Å². The van der Waals surface area contributed by atoms with Crippen molar-refractivity contribution >= 4 is 27.7 Å². The minimum absolute atomic E-state index is 0.296. The fourth-order valence-corrected chi connectivity index (χ4v) is 4.31. The molecule has 0 saturated carbocycles. The number of nitrogens with zero attached hydrogens (tertiary/aromatic N) is 3. The smallest absolute Gasteiger partial charge is 0.407 e. The first-order valence-corrected chi connectivity index (χ1v) is 9.80. The standard InChI is InChI=1S/C17H13ClF2N4O4S/c1-21-17(25)28-9-10-8-24(29(26,27)12-5-3-6-22-15(12)18)14(13(10)19)11-4-2-7-23-16(11)20/h2-8H,9H2,1H3,(H,21,25). The second kappa shape index (κ2) is 8.13. The van der Waals surface area contributed by atoms with Crippen LogP contribution in [0.25, 0.3) is 11.3 Å². The predicted molar refractivity (Wildman–Crippen MR) is 98.7 cm³/mol. The van der Waals surface area contributed by atoms with E-state index in [1.807, 2.05) is 0 Å². The Hall–Kier alpha value is -3.05. The fourth-order valence-electron chi connectivity index (χ4n) is 2.49. The van der Waals surface area contributed by atoms with Gasteiger partial charge in [-0.15, -0.1) is 0 Å². The normalized spacial score (nSPS) is 11.3. The topological polar surface area (TPSA) is 103 Å². The number of pyridine rings is 2. The minimum atomic E-state index is -4.48. The molecule has 0 aliphatic rings. The van der Waals surface area contributed by atoms with Gasteiger partial charge in [-0.05, 0) is 24.3 Å². The van der Waals surface area contributed by atoms with Crippen molar-refractivity contribution in [3.63, 3.8) is 0 Å². The maximum absolute atomic E-state index is 15.1. The van der Waals surface area contributed by atoms with E-state index in [1.54, 1.807) is 0 Å². The summed E-state index contributed by atoms with van der Waals surface area (Å²) in [6, 6.07) is 4.99. The van der Waals surface area contributed by atoms with Crippen LogP contribution in [0, 0.1) is 11.8 Å². The molecule has 0 aliphatic carbocycles. The Morgan fingerprint density at radius 1 is 1.24 bits per heavy atom. The molecule has 3 aromatic heterocycles. The quantitative estimate of drug-likeness (QED) is 0.609. The van der Waals surface area contributed by atoms with Gasteiger partial charge in [0.05, 0.1) is 5.56 Å². The first-order chi connectivity index (χ1) is 13.8. The number of carbonyl (C=O) groups excluding carboxylic acids is 1. The van der Waals surface area contributed by atoms with Crippen molar-refractivity contribution in [2.45, 2.75) is 11.5 Å². The number of hydrogen-bond donors (Lipinski definition) is 1. The van der Waals surface area contributed by atoms with Crippen molar-refractivity contribution in [1.82, 2.24) is 19.3 Å². The Kier molecular flexibility index (Phi) is 5.80. The van der Waals surface area contributed by atoms with Crippen molar-refractivity contribution < 1.29 is 26.7 Å². The van der Waals surface area contributed by atoms with Crippen molar-refractivity contribution in [3.05, 3.63) is 65.3 Å². The summed E-state index contributed by atoms with van der Waals surface area (Å²) >= 11 is 5.89. The van der Waals surface area contributed by atoms with Crippen molar-refractivity contribution in [2.75, 3.05) is 7.05 Å². The molecular formula is C17H13ClF2N4O4S. The number of alkyl carbamates (subject to hydrolysis) is 1. The molecule has 3 aromatic rings. The van der Waals surface area contributed by atoms with Gasteiger partial charge in [-0.3, -0.25) is 0 Å². The van der Waals surface area contributed by atoms with Crippen LogP contribution in [0.4, 0.5) is 13.6 Å². The van der Waals surface area contributed by atoms with E-state index in [1.165, 1.54) is 37.5 Å². The average molecular weight is 443 g/mol. The number of nitrogens with one attached hydrogen (secondary N) is 1. The van der Waals surface area contributed by atoms with Gasteiger partial charge in [-0.2, -0.15) is 4.39 Å². The maximum Gasteiger partial charge on any atom is 0.407 e. The fraction of sp³-hybridized carbons (Fsp3) is 0.118. The zero-order valence-corrected chi connectivity index (χ0v) is 16.3. The lowest BCUT2D eigenvalue weighted by Crippen LogP contribution is -2.19. The Morgan fingerprint density at radius 3 is 2.59 bits per heavy atom. The molecule has 12 heteroatoms. The van der Waals surface area contributed by atoms with E-state index in [-0.39, 0.29) is 10.7 Å². The Balaban J connectivity index is 2.24. The van der Waals surface area contributed by atoms with E-state index in [4.69, 9.17) is 16.3 Å². The molecule has 0 atom stereocenters. The number of halogens is 3. The van der Waals surface area contributed by atoms with Crippen LogP contribution < -0.4 is 5.32 Å². The summed E-state index contributed by atoms with van der Waals surface area (Å²) in [5, 5.41) is 1.83. The molecule has 0 radical (unpaired) electrons. The molecule has 1 N–H and O–H groups in total. The molecule has 0 bridgehead atoms. The average Bonchev–Trinajstić information content (AvgIpc) is 3.03. The van der Waals surface area contributed by atoms with Gasteiger partial charge in [0.2, 0.25) is 5.95 Å². The van der Waals surface area contributed by atoms with E-state index in [2.05, 4.69) is 15.3 Å². The third-order valence-corrected chi connectivity index (χ3v) is 5.93. The Morgan fingerprint density at radius 2 is 1.93 bits per heavy atom. The van der Waals surface area contributed by atoms with E-state index in [9.17, 15) is 17.6 Å². The maximum atomic E-state index is 15.1. The number of hydrogen-bond acceptors (Lipinski definition) is 6. The summed E-state index contributed by atoms with van der Waals surface area (Å²) in [5.74, 6) is -2.18. The first-order valence-electron chi connectivity index (χ1n) is 7.98. The molecule has 8 nitrogen and oxygen atoms in total. The number of amides is 1. The Bertz CT molecular complexity index is 1180. The van der Waals surface area contributed by atoms with Gasteiger partial charge in [0.1, 0.15) is 22.3 Å².